The highest BCUT2D eigenvalue weighted by atomic mass is 16.3. The molecule has 0 atom stereocenters. The SMILES string of the molecule is Cc1cc(C)c(-n2ncc(CO)c2C)c(C)c1. The molecule has 90 valence electrons. The van der Waals surface area contributed by atoms with Crippen LogP contribution in [0.4, 0.5) is 0 Å². The number of aromatic nitrogens is 2. The quantitative estimate of drug-likeness (QED) is 0.861. The van der Waals surface area contributed by atoms with E-state index in [0.29, 0.717) is 0 Å². The van der Waals surface area contributed by atoms with Crippen molar-refractivity contribution in [3.8, 4) is 5.69 Å². The van der Waals surface area contributed by atoms with Gasteiger partial charge in [0.05, 0.1) is 18.5 Å². The van der Waals surface area contributed by atoms with Crippen LogP contribution in [0.2, 0.25) is 0 Å². The molecule has 2 aromatic rings. The maximum absolute atomic E-state index is 9.21. The smallest absolute Gasteiger partial charge is 0.0715 e. The number of rotatable bonds is 2. The summed E-state index contributed by atoms with van der Waals surface area (Å²) in [6, 6.07) is 4.31. The zero-order valence-electron chi connectivity index (χ0n) is 10.8. The van der Waals surface area contributed by atoms with Gasteiger partial charge in [-0.2, -0.15) is 5.10 Å². The highest BCUT2D eigenvalue weighted by molar-refractivity contribution is 5.50. The van der Waals surface area contributed by atoms with Crippen LogP contribution < -0.4 is 0 Å². The average Bonchev–Trinajstić information content (AvgIpc) is 2.59. The van der Waals surface area contributed by atoms with Crippen molar-refractivity contribution in [2.24, 2.45) is 0 Å². The maximum atomic E-state index is 9.21. The van der Waals surface area contributed by atoms with Gasteiger partial charge in [0, 0.05) is 11.3 Å². The van der Waals surface area contributed by atoms with Crippen LogP contribution in [0.15, 0.2) is 18.3 Å². The van der Waals surface area contributed by atoms with Gasteiger partial charge in [0.2, 0.25) is 0 Å². The molecule has 0 saturated heterocycles. The van der Waals surface area contributed by atoms with Crippen LogP contribution in [-0.4, -0.2) is 14.9 Å². The van der Waals surface area contributed by atoms with Gasteiger partial charge in [0.15, 0.2) is 0 Å². The van der Waals surface area contributed by atoms with E-state index in [0.717, 1.165) is 16.9 Å². The van der Waals surface area contributed by atoms with E-state index in [1.165, 1.54) is 16.7 Å². The minimum absolute atomic E-state index is 0.0375. The number of aliphatic hydroxyl groups excluding tert-OH is 1. The Labute approximate surface area is 102 Å². The van der Waals surface area contributed by atoms with Gasteiger partial charge >= 0.3 is 0 Å². The molecule has 2 rings (SSSR count). The summed E-state index contributed by atoms with van der Waals surface area (Å²) in [6.45, 7) is 8.30. The summed E-state index contributed by atoms with van der Waals surface area (Å²) in [5.74, 6) is 0. The molecule has 0 fully saturated rings. The summed E-state index contributed by atoms with van der Waals surface area (Å²) >= 11 is 0. The molecule has 3 nitrogen and oxygen atoms in total. The molecule has 0 amide bonds. The Morgan fingerprint density at radius 3 is 2.18 bits per heavy atom. The minimum Gasteiger partial charge on any atom is -0.392 e. The third-order valence-corrected chi connectivity index (χ3v) is 3.13. The first-order valence-electron chi connectivity index (χ1n) is 5.77. The summed E-state index contributed by atoms with van der Waals surface area (Å²) in [5.41, 5.74) is 6.67. The Morgan fingerprint density at radius 2 is 1.71 bits per heavy atom. The highest BCUT2D eigenvalue weighted by Crippen LogP contribution is 2.22. The molecule has 1 heterocycles. The van der Waals surface area contributed by atoms with Crippen molar-refractivity contribution in [3.63, 3.8) is 0 Å². The highest BCUT2D eigenvalue weighted by Gasteiger charge is 2.11. The number of nitrogens with zero attached hydrogens (tertiary/aromatic N) is 2. The number of hydrogen-bond donors (Lipinski definition) is 1. The van der Waals surface area contributed by atoms with E-state index in [1.54, 1.807) is 6.20 Å². The number of aliphatic hydroxyl groups is 1. The minimum atomic E-state index is 0.0375. The van der Waals surface area contributed by atoms with Gasteiger partial charge in [-0.3, -0.25) is 0 Å². The van der Waals surface area contributed by atoms with Crippen molar-refractivity contribution in [1.82, 2.24) is 9.78 Å². The molecular weight excluding hydrogens is 212 g/mol. The van der Waals surface area contributed by atoms with Gasteiger partial charge in [-0.05, 0) is 38.8 Å². The van der Waals surface area contributed by atoms with Crippen LogP contribution in [0.25, 0.3) is 5.69 Å². The fraction of sp³-hybridized carbons (Fsp3) is 0.357. The molecule has 1 aromatic carbocycles. The molecule has 0 aliphatic rings. The lowest BCUT2D eigenvalue weighted by Crippen LogP contribution is -2.05. The molecular formula is C14H18N2O. The Morgan fingerprint density at radius 1 is 1.12 bits per heavy atom. The van der Waals surface area contributed by atoms with Crippen molar-refractivity contribution in [2.75, 3.05) is 0 Å². The molecule has 0 radical (unpaired) electrons. The first-order valence-corrected chi connectivity index (χ1v) is 5.77. The number of hydrogen-bond acceptors (Lipinski definition) is 2. The largest absolute Gasteiger partial charge is 0.392 e. The zero-order chi connectivity index (χ0) is 12.6. The van der Waals surface area contributed by atoms with Crippen LogP contribution in [0.3, 0.4) is 0 Å². The molecule has 3 heteroatoms. The van der Waals surface area contributed by atoms with E-state index in [-0.39, 0.29) is 6.61 Å². The maximum Gasteiger partial charge on any atom is 0.0715 e. The zero-order valence-corrected chi connectivity index (χ0v) is 10.8. The second kappa shape index (κ2) is 4.34. The van der Waals surface area contributed by atoms with Crippen molar-refractivity contribution in [3.05, 3.63) is 46.3 Å². The van der Waals surface area contributed by atoms with E-state index in [9.17, 15) is 5.11 Å². The average molecular weight is 230 g/mol. The van der Waals surface area contributed by atoms with E-state index < -0.39 is 0 Å². The summed E-state index contributed by atoms with van der Waals surface area (Å²) in [6.07, 6.45) is 1.73. The monoisotopic (exact) mass is 230 g/mol. The first kappa shape index (κ1) is 11.9. The molecule has 0 unspecified atom stereocenters. The first-order chi connectivity index (χ1) is 8.04. The van der Waals surface area contributed by atoms with Gasteiger partial charge < -0.3 is 5.11 Å². The second-order valence-electron chi connectivity index (χ2n) is 4.57. The lowest BCUT2D eigenvalue weighted by Gasteiger charge is -2.13. The standard InChI is InChI=1S/C14H18N2O/c1-9-5-10(2)14(11(3)6-9)16-12(4)13(8-17)7-15-16/h5-7,17H,8H2,1-4H3. The fourth-order valence-corrected chi connectivity index (χ4v) is 2.33. The molecule has 0 aliphatic carbocycles. The Bertz CT molecular complexity index is 532. The van der Waals surface area contributed by atoms with Crippen LogP contribution in [0.5, 0.6) is 0 Å². The fourth-order valence-electron chi connectivity index (χ4n) is 2.33. The van der Waals surface area contributed by atoms with Gasteiger partial charge in [0.25, 0.3) is 0 Å². The van der Waals surface area contributed by atoms with E-state index in [1.807, 2.05) is 11.6 Å². The van der Waals surface area contributed by atoms with Crippen LogP contribution in [-0.2, 0) is 6.61 Å². The Balaban J connectivity index is 2.64. The lowest BCUT2D eigenvalue weighted by molar-refractivity contribution is 0.281. The molecule has 0 bridgehead atoms. The van der Waals surface area contributed by atoms with Crippen LogP contribution >= 0.6 is 0 Å². The molecule has 0 aliphatic heterocycles. The van der Waals surface area contributed by atoms with Crippen LogP contribution in [0, 0.1) is 27.7 Å². The normalized spacial score (nSPS) is 10.9. The third-order valence-electron chi connectivity index (χ3n) is 3.13. The topological polar surface area (TPSA) is 38.0 Å². The predicted molar refractivity (Wildman–Crippen MR) is 68.4 cm³/mol. The van der Waals surface area contributed by atoms with Gasteiger partial charge in [-0.25, -0.2) is 4.68 Å². The summed E-state index contributed by atoms with van der Waals surface area (Å²) < 4.78 is 1.91. The van der Waals surface area contributed by atoms with E-state index in [2.05, 4.69) is 38.0 Å². The molecule has 0 saturated carbocycles. The molecule has 1 aromatic heterocycles. The number of aryl methyl sites for hydroxylation is 3. The molecule has 0 spiro atoms. The molecule has 17 heavy (non-hydrogen) atoms. The number of benzene rings is 1. The van der Waals surface area contributed by atoms with Crippen molar-refractivity contribution in [1.29, 1.82) is 0 Å². The predicted octanol–water partition coefficient (Wildman–Crippen LogP) is 2.60. The molecule has 1 N–H and O–H groups in total. The van der Waals surface area contributed by atoms with Gasteiger partial charge in [-0.15, -0.1) is 0 Å². The van der Waals surface area contributed by atoms with Crippen molar-refractivity contribution < 1.29 is 5.11 Å². The van der Waals surface area contributed by atoms with E-state index >= 15 is 0 Å². The van der Waals surface area contributed by atoms with E-state index in [4.69, 9.17) is 0 Å². The Kier molecular flexibility index (Phi) is 3.03. The van der Waals surface area contributed by atoms with Gasteiger partial charge in [0.1, 0.15) is 0 Å². The van der Waals surface area contributed by atoms with Gasteiger partial charge in [-0.1, -0.05) is 17.7 Å². The summed E-state index contributed by atoms with van der Waals surface area (Å²) in [7, 11) is 0. The summed E-state index contributed by atoms with van der Waals surface area (Å²) in [5, 5.41) is 13.6. The van der Waals surface area contributed by atoms with Crippen molar-refractivity contribution in [2.45, 2.75) is 34.3 Å². The van der Waals surface area contributed by atoms with Crippen molar-refractivity contribution >= 4 is 0 Å². The summed E-state index contributed by atoms with van der Waals surface area (Å²) in [4.78, 5) is 0. The van der Waals surface area contributed by atoms with Crippen LogP contribution in [0.1, 0.15) is 27.9 Å². The third kappa shape index (κ3) is 1.98. The lowest BCUT2D eigenvalue weighted by atomic mass is 10.0. The Hall–Kier alpha value is -1.61. The second-order valence-corrected chi connectivity index (χ2v) is 4.57.